The van der Waals surface area contributed by atoms with E-state index in [2.05, 4.69) is 6.07 Å². The van der Waals surface area contributed by atoms with Crippen LogP contribution in [0.5, 0.6) is 0 Å². The van der Waals surface area contributed by atoms with Crippen LogP contribution in [0.15, 0.2) is 18.2 Å². The van der Waals surface area contributed by atoms with Crippen LogP contribution < -0.4 is 12.4 Å². The minimum Gasteiger partial charge on any atom is -1.00 e. The zero-order chi connectivity index (χ0) is 5.98. The van der Waals surface area contributed by atoms with E-state index < -0.39 is 5.82 Å². The van der Waals surface area contributed by atoms with Crippen LogP contribution in [-0.4, -0.2) is 23.1 Å². The first-order valence-electron chi connectivity index (χ1n) is 2.12. The molecule has 0 spiro atoms. The second-order valence-corrected chi connectivity index (χ2v) is 1.75. The van der Waals surface area contributed by atoms with Crippen LogP contribution in [0.25, 0.3) is 0 Å². The number of halogens is 3. The summed E-state index contributed by atoms with van der Waals surface area (Å²) in [5.41, 5.74) is 0. The van der Waals surface area contributed by atoms with Gasteiger partial charge in [0.05, 0.1) is 0 Å². The van der Waals surface area contributed by atoms with Crippen molar-refractivity contribution in [2.75, 3.05) is 0 Å². The van der Waals surface area contributed by atoms with Crippen LogP contribution in [0.3, 0.4) is 0 Å². The van der Waals surface area contributed by atoms with E-state index in [0.29, 0.717) is 5.02 Å². The van der Waals surface area contributed by atoms with Crippen LogP contribution in [0.4, 0.5) is 4.39 Å². The van der Waals surface area contributed by atoms with E-state index in [0.717, 1.165) is 0 Å². The molecule has 0 aliphatic rings. The first-order valence-corrected chi connectivity index (χ1v) is 2.50. The summed E-state index contributed by atoms with van der Waals surface area (Å²) < 4.78 is 12.0. The van der Waals surface area contributed by atoms with E-state index in [9.17, 15) is 4.39 Å². The smallest absolute Gasteiger partial charge is 1.00 e. The molecular formula is C6H3Cl2FMg. The molecule has 0 aliphatic heterocycles. The molecule has 0 fully saturated rings. The van der Waals surface area contributed by atoms with Gasteiger partial charge in [-0.15, -0.1) is 23.7 Å². The zero-order valence-electron chi connectivity index (χ0n) is 5.07. The standard InChI is InChI=1S/C6H3ClF.ClH.Mg/c7-5-2-1-3-6(8)4-5;;/h1-3H;1H;/q-1;;+2/p-1. The van der Waals surface area contributed by atoms with E-state index in [-0.39, 0.29) is 35.5 Å². The van der Waals surface area contributed by atoms with Gasteiger partial charge in [-0.3, -0.25) is 0 Å². The Kier molecular flexibility index (Phi) is 8.16. The van der Waals surface area contributed by atoms with E-state index in [1.165, 1.54) is 12.1 Å². The Labute approximate surface area is 86.3 Å². The Hall–Kier alpha value is 0.496. The van der Waals surface area contributed by atoms with Gasteiger partial charge in [0.15, 0.2) is 0 Å². The van der Waals surface area contributed by atoms with E-state index in [4.69, 9.17) is 11.6 Å². The molecule has 4 heteroatoms. The van der Waals surface area contributed by atoms with Crippen molar-refractivity contribution >= 4 is 34.7 Å². The predicted octanol–water partition coefficient (Wildman–Crippen LogP) is -1.10. The minimum absolute atomic E-state index is 0. The van der Waals surface area contributed by atoms with Gasteiger partial charge in [-0.1, -0.05) is 5.02 Å². The topological polar surface area (TPSA) is 0 Å². The molecule has 0 aromatic heterocycles. The second-order valence-electron chi connectivity index (χ2n) is 1.35. The van der Waals surface area contributed by atoms with Gasteiger partial charge >= 0.3 is 23.1 Å². The molecule has 0 atom stereocenters. The molecule has 0 saturated carbocycles. The fraction of sp³-hybridized carbons (Fsp3) is 0. The van der Waals surface area contributed by atoms with Crippen molar-refractivity contribution in [3.8, 4) is 0 Å². The molecule has 0 amide bonds. The molecule has 0 aliphatic carbocycles. The summed E-state index contributed by atoms with van der Waals surface area (Å²) in [5.74, 6) is -0.419. The van der Waals surface area contributed by atoms with Gasteiger partial charge in [0, 0.05) is 5.82 Å². The molecule has 0 unspecified atom stereocenters. The Balaban J connectivity index is 0. The van der Waals surface area contributed by atoms with Crippen molar-refractivity contribution in [3.63, 3.8) is 0 Å². The third kappa shape index (κ3) is 4.33. The second kappa shape index (κ2) is 6.22. The van der Waals surface area contributed by atoms with Gasteiger partial charge in [-0.25, -0.2) is 4.39 Å². The molecule has 0 radical (unpaired) electrons. The van der Waals surface area contributed by atoms with E-state index >= 15 is 0 Å². The summed E-state index contributed by atoms with van der Waals surface area (Å²) in [6.45, 7) is 0. The van der Waals surface area contributed by atoms with Crippen LogP contribution in [-0.2, 0) is 0 Å². The van der Waals surface area contributed by atoms with Gasteiger partial charge in [0.25, 0.3) is 0 Å². The largest absolute Gasteiger partial charge is 2.00 e. The Morgan fingerprint density at radius 1 is 1.40 bits per heavy atom. The summed E-state index contributed by atoms with van der Waals surface area (Å²) in [7, 11) is 0. The van der Waals surface area contributed by atoms with Crippen molar-refractivity contribution in [1.82, 2.24) is 0 Å². The van der Waals surface area contributed by atoms with Crippen LogP contribution >= 0.6 is 11.6 Å². The summed E-state index contributed by atoms with van der Waals surface area (Å²) in [4.78, 5) is 0. The van der Waals surface area contributed by atoms with Gasteiger partial charge in [0.2, 0.25) is 0 Å². The van der Waals surface area contributed by atoms with Crippen LogP contribution in [0.1, 0.15) is 0 Å². The van der Waals surface area contributed by atoms with Crippen LogP contribution in [0, 0.1) is 11.9 Å². The van der Waals surface area contributed by atoms with E-state index in [1.54, 1.807) is 6.07 Å². The quantitative estimate of drug-likeness (QED) is 0.359. The fourth-order valence-electron chi connectivity index (χ4n) is 0.414. The van der Waals surface area contributed by atoms with Gasteiger partial charge < -0.3 is 12.4 Å². The van der Waals surface area contributed by atoms with Gasteiger partial charge in [-0.2, -0.15) is 12.1 Å². The molecular weight excluding hydrogens is 186 g/mol. The maximum absolute atomic E-state index is 12.0. The van der Waals surface area contributed by atoms with Crippen molar-refractivity contribution in [2.45, 2.75) is 0 Å². The average Bonchev–Trinajstić information content (AvgIpc) is 1.64. The first-order chi connectivity index (χ1) is 3.79. The summed E-state index contributed by atoms with van der Waals surface area (Å²) >= 11 is 5.35. The molecule has 10 heavy (non-hydrogen) atoms. The number of hydrogen-bond acceptors (Lipinski definition) is 0. The molecule has 0 bridgehead atoms. The maximum Gasteiger partial charge on any atom is 2.00 e. The summed E-state index contributed by atoms with van der Waals surface area (Å²) in [6, 6.07) is 6.68. The fourth-order valence-corrected chi connectivity index (χ4v) is 0.577. The summed E-state index contributed by atoms with van der Waals surface area (Å²) in [6.07, 6.45) is 0. The molecule has 50 valence electrons. The average molecular weight is 189 g/mol. The van der Waals surface area contributed by atoms with Crippen molar-refractivity contribution < 1.29 is 16.8 Å². The SMILES string of the molecule is Fc1[c-]c(Cl)ccc1.[Cl-].[Mg+2]. The van der Waals surface area contributed by atoms with Gasteiger partial charge in [0.1, 0.15) is 0 Å². The molecule has 0 heterocycles. The predicted molar refractivity (Wildman–Crippen MR) is 36.0 cm³/mol. The third-order valence-electron chi connectivity index (χ3n) is 0.724. The number of rotatable bonds is 0. The molecule has 1 rings (SSSR count). The Morgan fingerprint density at radius 2 is 2.00 bits per heavy atom. The minimum atomic E-state index is -0.419. The van der Waals surface area contributed by atoms with Crippen molar-refractivity contribution in [1.29, 1.82) is 0 Å². The molecule has 0 N–H and O–H groups in total. The molecule has 0 saturated heterocycles. The number of benzene rings is 1. The molecule has 1 aromatic carbocycles. The Bertz CT molecular complexity index is 176. The normalized spacial score (nSPS) is 7.40. The number of hydrogen-bond donors (Lipinski definition) is 0. The van der Waals surface area contributed by atoms with Gasteiger partial charge in [-0.05, 0) is 0 Å². The monoisotopic (exact) mass is 188 g/mol. The molecule has 1 aromatic rings. The zero-order valence-corrected chi connectivity index (χ0v) is 8.00. The summed E-state index contributed by atoms with van der Waals surface area (Å²) in [5, 5.41) is 0.310. The maximum atomic E-state index is 12.0. The first kappa shape index (κ1) is 13.1. The molecule has 0 nitrogen and oxygen atoms in total. The van der Waals surface area contributed by atoms with E-state index in [1.807, 2.05) is 0 Å². The van der Waals surface area contributed by atoms with Crippen LogP contribution in [0.2, 0.25) is 5.02 Å². The Morgan fingerprint density at radius 3 is 2.30 bits per heavy atom. The van der Waals surface area contributed by atoms with Crippen molar-refractivity contribution in [2.24, 2.45) is 0 Å². The third-order valence-corrected chi connectivity index (χ3v) is 0.944. The van der Waals surface area contributed by atoms with Crippen molar-refractivity contribution in [3.05, 3.63) is 35.1 Å².